The van der Waals surface area contributed by atoms with Crippen LogP contribution in [-0.2, 0) is 13.6 Å². The molecule has 23 heavy (non-hydrogen) atoms. The average molecular weight is 313 g/mol. The number of benzene rings is 1. The largest absolute Gasteiger partial charge is 0.497 e. The number of methoxy groups -OCH3 is 1. The van der Waals surface area contributed by atoms with Gasteiger partial charge in [-0.25, -0.2) is 14.5 Å². The number of ether oxygens (including phenoxy) is 1. The Morgan fingerprint density at radius 3 is 2.43 bits per heavy atom. The maximum Gasteiger partial charge on any atom is 0.352 e. The highest BCUT2D eigenvalue weighted by molar-refractivity contribution is 5.60. The van der Waals surface area contributed by atoms with Crippen LogP contribution in [0, 0.1) is 0 Å². The van der Waals surface area contributed by atoms with Gasteiger partial charge in [-0.05, 0) is 31.2 Å². The molecule has 0 spiro atoms. The quantitative estimate of drug-likeness (QED) is 0.700. The number of hydrogen-bond acceptors (Lipinski definition) is 6. The molecule has 118 valence electrons. The Hall–Kier alpha value is -3.03. The van der Waals surface area contributed by atoms with Gasteiger partial charge in [0.15, 0.2) is 17.3 Å². The van der Waals surface area contributed by atoms with Crippen LogP contribution in [0.15, 0.2) is 33.9 Å². The zero-order valence-corrected chi connectivity index (χ0v) is 13.0. The van der Waals surface area contributed by atoms with Crippen molar-refractivity contribution in [2.45, 2.75) is 13.5 Å². The van der Waals surface area contributed by atoms with Crippen molar-refractivity contribution in [2.24, 2.45) is 7.05 Å². The standard InChI is InChI=1S/C15H15N5O3/c1-4-20-13-11(14(21)19(2)15(22)17-13)16-12(18-20)9-5-7-10(23-3)8-6-9/h5-8H,4H2,1-3H3. The van der Waals surface area contributed by atoms with Crippen molar-refractivity contribution < 1.29 is 4.74 Å². The van der Waals surface area contributed by atoms with Crippen LogP contribution in [0.5, 0.6) is 5.75 Å². The Labute approximate surface area is 131 Å². The molecule has 2 heterocycles. The van der Waals surface area contributed by atoms with E-state index in [1.807, 2.05) is 6.92 Å². The van der Waals surface area contributed by atoms with E-state index in [-0.39, 0.29) is 11.5 Å². The Kier molecular flexibility index (Phi) is 3.65. The van der Waals surface area contributed by atoms with E-state index in [1.54, 1.807) is 31.4 Å². The lowest BCUT2D eigenvalue weighted by atomic mass is 10.2. The van der Waals surface area contributed by atoms with Crippen LogP contribution in [0.3, 0.4) is 0 Å². The van der Waals surface area contributed by atoms with Gasteiger partial charge in [0.2, 0.25) is 0 Å². The van der Waals surface area contributed by atoms with Gasteiger partial charge in [0.1, 0.15) is 5.75 Å². The highest BCUT2D eigenvalue weighted by atomic mass is 16.5. The normalized spacial score (nSPS) is 10.9. The molecule has 1 aromatic carbocycles. The number of rotatable bonds is 3. The molecule has 3 rings (SSSR count). The van der Waals surface area contributed by atoms with Crippen molar-refractivity contribution >= 4 is 0 Å². The van der Waals surface area contributed by atoms with Crippen LogP contribution < -0.4 is 16.0 Å². The van der Waals surface area contributed by atoms with E-state index < -0.39 is 11.2 Å². The Balaban J connectivity index is 2.28. The minimum absolute atomic E-state index is 0.120. The molecule has 0 saturated heterocycles. The van der Waals surface area contributed by atoms with Gasteiger partial charge < -0.3 is 4.74 Å². The zero-order valence-electron chi connectivity index (χ0n) is 13.0. The molecular weight excluding hydrogens is 298 g/mol. The summed E-state index contributed by atoms with van der Waals surface area (Å²) in [7, 11) is 2.96. The maximum absolute atomic E-state index is 12.3. The molecule has 8 heteroatoms. The van der Waals surface area contributed by atoms with Crippen molar-refractivity contribution in [2.75, 3.05) is 7.11 Å². The summed E-state index contributed by atoms with van der Waals surface area (Å²) in [4.78, 5) is 32.2. The van der Waals surface area contributed by atoms with Gasteiger partial charge in [-0.3, -0.25) is 9.36 Å². The summed E-state index contributed by atoms with van der Waals surface area (Å²) < 4.78 is 7.57. The molecule has 2 aliphatic heterocycles. The van der Waals surface area contributed by atoms with Crippen molar-refractivity contribution in [3.05, 3.63) is 45.1 Å². The first-order valence-corrected chi connectivity index (χ1v) is 7.05. The smallest absolute Gasteiger partial charge is 0.352 e. The monoisotopic (exact) mass is 313 g/mol. The third-order valence-corrected chi connectivity index (χ3v) is 3.53. The summed E-state index contributed by atoms with van der Waals surface area (Å²) in [6.45, 7) is 2.32. The Morgan fingerprint density at radius 1 is 1.13 bits per heavy atom. The van der Waals surface area contributed by atoms with Gasteiger partial charge >= 0.3 is 5.69 Å². The number of fused-ring (bicyclic) bond motifs is 1. The third-order valence-electron chi connectivity index (χ3n) is 3.53. The number of aromatic nitrogens is 5. The molecule has 0 amide bonds. The number of hydrogen-bond donors (Lipinski definition) is 0. The van der Waals surface area contributed by atoms with Gasteiger partial charge in [-0.15, -0.1) is 0 Å². The van der Waals surface area contributed by atoms with Crippen LogP contribution in [-0.4, -0.2) is 31.4 Å². The number of aryl methyl sites for hydroxylation is 1. The molecule has 0 saturated carbocycles. The lowest BCUT2D eigenvalue weighted by Gasteiger charge is -2.13. The van der Waals surface area contributed by atoms with E-state index >= 15 is 0 Å². The van der Waals surface area contributed by atoms with E-state index in [0.29, 0.717) is 18.1 Å². The number of nitrogens with zero attached hydrogens (tertiary/aromatic N) is 5. The van der Waals surface area contributed by atoms with E-state index in [0.717, 1.165) is 10.1 Å². The summed E-state index contributed by atoms with van der Waals surface area (Å²) in [5.41, 5.74) is -0.247. The third kappa shape index (κ3) is 2.48. The topological polar surface area (TPSA) is 91.9 Å². The minimum Gasteiger partial charge on any atom is -0.497 e. The summed E-state index contributed by atoms with van der Waals surface area (Å²) in [5.74, 6) is 1.30. The van der Waals surface area contributed by atoms with E-state index in [2.05, 4.69) is 15.1 Å². The Bertz CT molecular complexity index is 943. The molecule has 2 aliphatic rings. The van der Waals surface area contributed by atoms with Crippen LogP contribution in [0.4, 0.5) is 0 Å². The SMILES string of the molecule is CCn1nc(-c2ccc(OC)cc2)nc2c(=O)n(C)c(=O)nc1-2. The minimum atomic E-state index is -0.620. The van der Waals surface area contributed by atoms with Crippen LogP contribution in [0.1, 0.15) is 6.92 Å². The summed E-state index contributed by atoms with van der Waals surface area (Å²) in [6, 6.07) is 7.19. The summed E-state index contributed by atoms with van der Waals surface area (Å²) in [6.07, 6.45) is 0. The van der Waals surface area contributed by atoms with Crippen LogP contribution >= 0.6 is 0 Å². The fraction of sp³-hybridized carbons (Fsp3) is 0.267. The van der Waals surface area contributed by atoms with E-state index in [1.165, 1.54) is 11.7 Å². The van der Waals surface area contributed by atoms with Crippen molar-refractivity contribution in [3.8, 4) is 28.7 Å². The van der Waals surface area contributed by atoms with Crippen LogP contribution in [0.2, 0.25) is 0 Å². The molecule has 0 bridgehead atoms. The van der Waals surface area contributed by atoms with Gasteiger partial charge in [-0.1, -0.05) is 0 Å². The van der Waals surface area contributed by atoms with Crippen LogP contribution in [0.25, 0.3) is 22.9 Å². The molecule has 0 radical (unpaired) electrons. The summed E-state index contributed by atoms with van der Waals surface area (Å²) >= 11 is 0. The average Bonchev–Trinajstić information content (AvgIpc) is 2.59. The first-order chi connectivity index (χ1) is 11.0. The maximum atomic E-state index is 12.3. The zero-order chi connectivity index (χ0) is 16.6. The first kappa shape index (κ1) is 14.9. The second-order valence-corrected chi connectivity index (χ2v) is 4.91. The first-order valence-electron chi connectivity index (χ1n) is 7.05. The highest BCUT2D eigenvalue weighted by Crippen LogP contribution is 2.21. The lowest BCUT2D eigenvalue weighted by Crippen LogP contribution is -2.37. The fourth-order valence-electron chi connectivity index (χ4n) is 2.21. The van der Waals surface area contributed by atoms with Gasteiger partial charge in [0.05, 0.1) is 7.11 Å². The van der Waals surface area contributed by atoms with Crippen molar-refractivity contribution in [1.82, 2.24) is 24.3 Å². The fourth-order valence-corrected chi connectivity index (χ4v) is 2.21. The second kappa shape index (κ2) is 5.64. The predicted octanol–water partition coefficient (Wildman–Crippen LogP) is 0.532. The molecular formula is C15H15N5O3. The van der Waals surface area contributed by atoms with Crippen molar-refractivity contribution in [3.63, 3.8) is 0 Å². The molecule has 8 nitrogen and oxygen atoms in total. The molecule has 0 aliphatic carbocycles. The molecule has 0 unspecified atom stereocenters. The van der Waals surface area contributed by atoms with Gasteiger partial charge in [-0.2, -0.15) is 10.1 Å². The van der Waals surface area contributed by atoms with E-state index in [9.17, 15) is 9.59 Å². The Morgan fingerprint density at radius 2 is 1.83 bits per heavy atom. The highest BCUT2D eigenvalue weighted by Gasteiger charge is 2.20. The molecule has 0 fully saturated rings. The molecule has 0 N–H and O–H groups in total. The molecule has 0 aromatic heterocycles. The second-order valence-electron chi connectivity index (χ2n) is 4.91. The van der Waals surface area contributed by atoms with Crippen molar-refractivity contribution in [1.29, 1.82) is 0 Å². The summed E-state index contributed by atoms with van der Waals surface area (Å²) in [5, 5.41) is 4.37. The van der Waals surface area contributed by atoms with Gasteiger partial charge in [0.25, 0.3) is 5.56 Å². The van der Waals surface area contributed by atoms with E-state index in [4.69, 9.17) is 4.74 Å². The predicted molar refractivity (Wildman–Crippen MR) is 83.6 cm³/mol. The molecule has 0 atom stereocenters. The lowest BCUT2D eigenvalue weighted by molar-refractivity contribution is 0.415. The van der Waals surface area contributed by atoms with Gasteiger partial charge in [0, 0.05) is 19.2 Å². The molecule has 1 aromatic rings.